The van der Waals surface area contributed by atoms with Crippen molar-refractivity contribution in [3.63, 3.8) is 0 Å². The van der Waals surface area contributed by atoms with Gasteiger partial charge in [-0.2, -0.15) is 0 Å². The Bertz CT molecular complexity index is 576. The minimum atomic E-state index is -0.525. The summed E-state index contributed by atoms with van der Waals surface area (Å²) >= 11 is 0. The van der Waals surface area contributed by atoms with Gasteiger partial charge in [0.2, 0.25) is 5.88 Å². The van der Waals surface area contributed by atoms with E-state index in [2.05, 4.69) is 9.88 Å². The van der Waals surface area contributed by atoms with Gasteiger partial charge in [0, 0.05) is 6.54 Å². The van der Waals surface area contributed by atoms with Crippen LogP contribution >= 0.6 is 0 Å². The van der Waals surface area contributed by atoms with Gasteiger partial charge in [-0.3, -0.25) is 4.79 Å². The second-order valence-electron chi connectivity index (χ2n) is 6.26. The van der Waals surface area contributed by atoms with E-state index < -0.39 is 5.91 Å². The second-order valence-corrected chi connectivity index (χ2v) is 6.26. The summed E-state index contributed by atoms with van der Waals surface area (Å²) in [5, 5.41) is 0. The summed E-state index contributed by atoms with van der Waals surface area (Å²) in [6.45, 7) is 3.15. The van der Waals surface area contributed by atoms with Crippen LogP contribution in [-0.2, 0) is 4.74 Å². The normalized spacial score (nSPS) is 22.6. The minimum absolute atomic E-state index is 0.119. The highest BCUT2D eigenvalue weighted by molar-refractivity contribution is 5.91. The molecule has 1 amide bonds. The maximum Gasteiger partial charge on any atom is 0.267 e. The van der Waals surface area contributed by atoms with Crippen molar-refractivity contribution in [1.82, 2.24) is 4.98 Å². The standard InChI is InChI=1S/C15H19N3O3/c16-13(19)11-3-4-12(14(17-11)21-7-10-1-2-10)18-6-5-15(18)8-20-9-15/h3-4,10H,1-2,5-9H2,(H2,16,19). The summed E-state index contributed by atoms with van der Waals surface area (Å²) < 4.78 is 11.2. The van der Waals surface area contributed by atoms with Crippen molar-refractivity contribution >= 4 is 11.6 Å². The van der Waals surface area contributed by atoms with E-state index in [1.807, 2.05) is 6.07 Å². The third-order valence-corrected chi connectivity index (χ3v) is 4.65. The highest BCUT2D eigenvalue weighted by Gasteiger charge is 2.51. The molecule has 2 N–H and O–H groups in total. The molecule has 0 aromatic carbocycles. The number of anilines is 1. The Labute approximate surface area is 123 Å². The Kier molecular flexibility index (Phi) is 2.82. The molecular formula is C15H19N3O3. The zero-order valence-electron chi connectivity index (χ0n) is 11.9. The Hall–Kier alpha value is -1.82. The highest BCUT2D eigenvalue weighted by Crippen LogP contribution is 2.44. The van der Waals surface area contributed by atoms with Crippen LogP contribution in [0.4, 0.5) is 5.69 Å². The molecule has 3 heterocycles. The number of rotatable bonds is 5. The average Bonchev–Trinajstić information content (AvgIpc) is 3.18. The Morgan fingerprint density at radius 3 is 2.81 bits per heavy atom. The minimum Gasteiger partial charge on any atom is -0.476 e. The fourth-order valence-corrected chi connectivity index (χ4v) is 2.92. The third-order valence-electron chi connectivity index (χ3n) is 4.65. The number of carbonyl (C=O) groups is 1. The van der Waals surface area contributed by atoms with Gasteiger partial charge in [0.25, 0.3) is 5.91 Å². The van der Waals surface area contributed by atoms with Crippen LogP contribution in [0.25, 0.3) is 0 Å². The first-order chi connectivity index (χ1) is 10.2. The maximum atomic E-state index is 11.3. The van der Waals surface area contributed by atoms with Crippen LogP contribution in [0, 0.1) is 5.92 Å². The van der Waals surface area contributed by atoms with E-state index in [0.29, 0.717) is 18.4 Å². The lowest BCUT2D eigenvalue weighted by Crippen LogP contribution is -2.71. The van der Waals surface area contributed by atoms with Crippen LogP contribution in [0.2, 0.25) is 0 Å². The molecule has 1 aromatic rings. The number of amides is 1. The van der Waals surface area contributed by atoms with Crippen LogP contribution in [-0.4, -0.2) is 42.8 Å². The number of ether oxygens (including phenoxy) is 2. The van der Waals surface area contributed by atoms with Gasteiger partial charge in [-0.1, -0.05) is 0 Å². The maximum absolute atomic E-state index is 11.3. The van der Waals surface area contributed by atoms with Crippen molar-refractivity contribution in [3.05, 3.63) is 17.8 Å². The van der Waals surface area contributed by atoms with E-state index in [0.717, 1.165) is 31.9 Å². The highest BCUT2D eigenvalue weighted by atomic mass is 16.5. The van der Waals surface area contributed by atoms with Crippen molar-refractivity contribution < 1.29 is 14.3 Å². The van der Waals surface area contributed by atoms with E-state index in [1.54, 1.807) is 6.07 Å². The molecule has 0 atom stereocenters. The predicted molar refractivity (Wildman–Crippen MR) is 76.5 cm³/mol. The van der Waals surface area contributed by atoms with Gasteiger partial charge in [0.05, 0.1) is 25.4 Å². The molecule has 0 radical (unpaired) electrons. The van der Waals surface area contributed by atoms with Crippen LogP contribution in [0.1, 0.15) is 29.8 Å². The van der Waals surface area contributed by atoms with Crippen molar-refractivity contribution in [2.24, 2.45) is 11.7 Å². The molecule has 3 fully saturated rings. The lowest BCUT2D eigenvalue weighted by molar-refractivity contribution is -0.0849. The van der Waals surface area contributed by atoms with Crippen molar-refractivity contribution in [2.75, 3.05) is 31.3 Å². The molecule has 0 bridgehead atoms. The van der Waals surface area contributed by atoms with Gasteiger partial charge in [-0.05, 0) is 37.3 Å². The van der Waals surface area contributed by atoms with Gasteiger partial charge in [-0.25, -0.2) is 4.98 Å². The first-order valence-electron chi connectivity index (χ1n) is 7.47. The molecule has 21 heavy (non-hydrogen) atoms. The summed E-state index contributed by atoms with van der Waals surface area (Å²) in [6.07, 6.45) is 3.56. The van der Waals surface area contributed by atoms with Crippen LogP contribution in [0.5, 0.6) is 5.88 Å². The Morgan fingerprint density at radius 2 is 2.29 bits per heavy atom. The summed E-state index contributed by atoms with van der Waals surface area (Å²) in [5.41, 5.74) is 6.65. The van der Waals surface area contributed by atoms with Crippen molar-refractivity contribution in [3.8, 4) is 5.88 Å². The van der Waals surface area contributed by atoms with Gasteiger partial charge >= 0.3 is 0 Å². The number of pyridine rings is 1. The Morgan fingerprint density at radius 1 is 1.48 bits per heavy atom. The van der Waals surface area contributed by atoms with E-state index in [-0.39, 0.29) is 11.2 Å². The predicted octanol–water partition coefficient (Wildman–Crippen LogP) is 0.948. The van der Waals surface area contributed by atoms with Crippen LogP contribution < -0.4 is 15.4 Å². The molecule has 1 aliphatic carbocycles. The summed E-state index contributed by atoms with van der Waals surface area (Å²) in [7, 11) is 0. The smallest absolute Gasteiger partial charge is 0.267 e. The van der Waals surface area contributed by atoms with E-state index in [4.69, 9.17) is 15.2 Å². The van der Waals surface area contributed by atoms with Crippen LogP contribution in [0.3, 0.4) is 0 Å². The van der Waals surface area contributed by atoms with E-state index in [9.17, 15) is 4.79 Å². The summed E-state index contributed by atoms with van der Waals surface area (Å²) in [6, 6.07) is 3.57. The van der Waals surface area contributed by atoms with E-state index in [1.165, 1.54) is 12.8 Å². The molecule has 0 unspecified atom stereocenters. The van der Waals surface area contributed by atoms with Crippen molar-refractivity contribution in [2.45, 2.75) is 24.8 Å². The molecule has 1 aromatic heterocycles. The summed E-state index contributed by atoms with van der Waals surface area (Å²) in [5.74, 6) is 0.640. The van der Waals surface area contributed by atoms with Gasteiger partial charge in [0.15, 0.2) is 0 Å². The van der Waals surface area contributed by atoms with Gasteiger partial charge in [-0.15, -0.1) is 0 Å². The first-order valence-corrected chi connectivity index (χ1v) is 7.47. The molecule has 2 saturated heterocycles. The zero-order chi connectivity index (χ0) is 14.4. The SMILES string of the molecule is NC(=O)c1ccc(N2CCC23COC3)c(OCC2CC2)n1. The average molecular weight is 289 g/mol. The molecule has 3 aliphatic rings. The number of nitrogens with zero attached hydrogens (tertiary/aromatic N) is 2. The molecule has 112 valence electrons. The Balaban J connectivity index is 1.62. The van der Waals surface area contributed by atoms with Gasteiger partial charge < -0.3 is 20.1 Å². The van der Waals surface area contributed by atoms with Crippen LogP contribution in [0.15, 0.2) is 12.1 Å². The summed E-state index contributed by atoms with van der Waals surface area (Å²) in [4.78, 5) is 17.9. The fourth-order valence-electron chi connectivity index (χ4n) is 2.92. The molecule has 2 aliphatic heterocycles. The van der Waals surface area contributed by atoms with E-state index >= 15 is 0 Å². The monoisotopic (exact) mass is 289 g/mol. The zero-order valence-corrected chi connectivity index (χ0v) is 11.9. The molecule has 6 heteroatoms. The first kappa shape index (κ1) is 12.9. The number of hydrogen-bond donors (Lipinski definition) is 1. The topological polar surface area (TPSA) is 77.7 Å². The number of carbonyl (C=O) groups excluding carboxylic acids is 1. The quantitative estimate of drug-likeness (QED) is 0.873. The number of hydrogen-bond acceptors (Lipinski definition) is 5. The van der Waals surface area contributed by atoms with Crippen molar-refractivity contribution in [1.29, 1.82) is 0 Å². The number of aromatic nitrogens is 1. The molecular weight excluding hydrogens is 270 g/mol. The van der Waals surface area contributed by atoms with Gasteiger partial charge in [0.1, 0.15) is 11.4 Å². The molecule has 1 spiro atoms. The second kappa shape index (κ2) is 4.59. The molecule has 1 saturated carbocycles. The molecule has 4 rings (SSSR count). The number of nitrogens with two attached hydrogens (primary N) is 1. The third kappa shape index (κ3) is 2.14. The largest absolute Gasteiger partial charge is 0.476 e. The lowest BCUT2D eigenvalue weighted by Gasteiger charge is -2.58. The lowest BCUT2D eigenvalue weighted by atomic mass is 9.82. The fraction of sp³-hybridized carbons (Fsp3) is 0.600. The number of primary amides is 1. The molecule has 6 nitrogen and oxygen atoms in total.